The minimum atomic E-state index is -3.90. The average molecular weight is 380 g/mol. The fraction of sp³-hybridized carbons (Fsp3) is 0.133. The lowest BCUT2D eigenvalue weighted by Gasteiger charge is -2.08. The summed E-state index contributed by atoms with van der Waals surface area (Å²) in [7, 11) is -3.90. The lowest BCUT2D eigenvalue weighted by atomic mass is 10.2. The largest absolute Gasteiger partial charge is 0.351 e. The van der Waals surface area contributed by atoms with E-state index in [0.29, 0.717) is 11.1 Å². The number of halogens is 1. The van der Waals surface area contributed by atoms with Crippen molar-refractivity contribution in [1.82, 2.24) is 18.8 Å². The molecular formula is C15H13FN4O3S2. The van der Waals surface area contributed by atoms with Gasteiger partial charge in [0.15, 0.2) is 0 Å². The zero-order valence-corrected chi connectivity index (χ0v) is 14.4. The molecule has 0 saturated heterocycles. The van der Waals surface area contributed by atoms with Crippen molar-refractivity contribution < 1.29 is 17.6 Å². The van der Waals surface area contributed by atoms with E-state index in [2.05, 4.69) is 18.8 Å². The molecule has 1 aromatic heterocycles. The summed E-state index contributed by atoms with van der Waals surface area (Å²) in [6.45, 7) is -0.246. The van der Waals surface area contributed by atoms with Gasteiger partial charge in [-0.25, -0.2) is 17.5 Å². The molecule has 2 aromatic carbocycles. The molecule has 0 radical (unpaired) electrons. The van der Waals surface area contributed by atoms with Crippen LogP contribution in [-0.2, 0) is 21.4 Å². The lowest BCUT2D eigenvalue weighted by molar-refractivity contribution is -0.120. The van der Waals surface area contributed by atoms with Gasteiger partial charge in [0.25, 0.3) is 0 Å². The van der Waals surface area contributed by atoms with Crippen molar-refractivity contribution in [2.45, 2.75) is 11.4 Å². The van der Waals surface area contributed by atoms with Crippen molar-refractivity contribution in [1.29, 1.82) is 0 Å². The summed E-state index contributed by atoms with van der Waals surface area (Å²) < 4.78 is 47.7. The number of benzene rings is 2. The van der Waals surface area contributed by atoms with E-state index in [1.54, 1.807) is 12.1 Å². The van der Waals surface area contributed by atoms with Gasteiger partial charge in [0.2, 0.25) is 15.9 Å². The van der Waals surface area contributed by atoms with Gasteiger partial charge >= 0.3 is 0 Å². The third kappa shape index (κ3) is 4.16. The van der Waals surface area contributed by atoms with Crippen LogP contribution in [-0.4, -0.2) is 29.6 Å². The number of hydrogen-bond donors (Lipinski definition) is 2. The minimum Gasteiger partial charge on any atom is -0.351 e. The molecule has 25 heavy (non-hydrogen) atoms. The summed E-state index contributed by atoms with van der Waals surface area (Å²) in [5.41, 5.74) is 1.45. The van der Waals surface area contributed by atoms with Crippen LogP contribution in [0.2, 0.25) is 0 Å². The number of nitrogens with one attached hydrogen (secondary N) is 2. The van der Waals surface area contributed by atoms with Gasteiger partial charge in [-0.15, -0.1) is 0 Å². The van der Waals surface area contributed by atoms with Crippen LogP contribution < -0.4 is 10.0 Å². The van der Waals surface area contributed by atoms with E-state index >= 15 is 0 Å². The molecule has 3 rings (SSSR count). The first-order valence-corrected chi connectivity index (χ1v) is 9.39. The number of amides is 1. The molecule has 0 aliphatic rings. The van der Waals surface area contributed by atoms with Gasteiger partial charge in [-0.3, -0.25) is 4.79 Å². The second kappa shape index (κ2) is 7.21. The van der Waals surface area contributed by atoms with E-state index in [-0.39, 0.29) is 22.8 Å². The Bertz CT molecular complexity index is 1000. The smallest absolute Gasteiger partial charge is 0.243 e. The van der Waals surface area contributed by atoms with Gasteiger partial charge in [-0.05, 0) is 29.8 Å². The van der Waals surface area contributed by atoms with Crippen molar-refractivity contribution in [2.75, 3.05) is 6.54 Å². The topological polar surface area (TPSA) is 101 Å². The van der Waals surface area contributed by atoms with E-state index in [1.807, 2.05) is 0 Å². The van der Waals surface area contributed by atoms with Gasteiger partial charge in [0, 0.05) is 6.54 Å². The molecule has 0 fully saturated rings. The Morgan fingerprint density at radius 3 is 2.64 bits per heavy atom. The summed E-state index contributed by atoms with van der Waals surface area (Å²) in [5, 5.41) is 2.56. The number of hydrogen-bond acceptors (Lipinski definition) is 6. The third-order valence-corrected chi connectivity index (χ3v) is 5.34. The number of carbonyl (C=O) groups excluding carboxylic acids is 1. The Kier molecular flexibility index (Phi) is 5.02. The highest BCUT2D eigenvalue weighted by Crippen LogP contribution is 2.20. The molecule has 1 amide bonds. The summed E-state index contributed by atoms with van der Waals surface area (Å²) in [6, 6.07) is 10.3. The Morgan fingerprint density at radius 2 is 1.88 bits per heavy atom. The maximum absolute atomic E-state index is 12.8. The molecule has 1 heterocycles. The van der Waals surface area contributed by atoms with Crippen molar-refractivity contribution in [3.63, 3.8) is 0 Å². The maximum Gasteiger partial charge on any atom is 0.243 e. The molecule has 0 aliphatic heterocycles. The first kappa shape index (κ1) is 17.4. The van der Waals surface area contributed by atoms with Crippen molar-refractivity contribution in [3.05, 3.63) is 53.8 Å². The van der Waals surface area contributed by atoms with Gasteiger partial charge in [0.1, 0.15) is 21.7 Å². The molecule has 7 nitrogen and oxygen atoms in total. The van der Waals surface area contributed by atoms with E-state index in [0.717, 1.165) is 11.7 Å². The molecule has 0 spiro atoms. The van der Waals surface area contributed by atoms with Crippen LogP contribution in [0.1, 0.15) is 5.56 Å². The number of rotatable bonds is 6. The van der Waals surface area contributed by atoms with Crippen LogP contribution in [0.15, 0.2) is 47.4 Å². The second-order valence-corrected chi connectivity index (χ2v) is 7.38. The molecule has 0 aliphatic carbocycles. The van der Waals surface area contributed by atoms with E-state index in [9.17, 15) is 17.6 Å². The molecule has 0 bridgehead atoms. The molecular weight excluding hydrogens is 367 g/mol. The minimum absolute atomic E-state index is 0.0231. The normalized spacial score (nSPS) is 11.6. The van der Waals surface area contributed by atoms with Gasteiger partial charge < -0.3 is 5.32 Å². The van der Waals surface area contributed by atoms with Crippen LogP contribution >= 0.6 is 11.7 Å². The monoisotopic (exact) mass is 380 g/mol. The van der Waals surface area contributed by atoms with E-state index in [1.165, 1.54) is 30.3 Å². The lowest BCUT2D eigenvalue weighted by Crippen LogP contribution is -2.36. The summed E-state index contributed by atoms with van der Waals surface area (Å²) in [5.74, 6) is -0.870. The molecule has 130 valence electrons. The van der Waals surface area contributed by atoms with E-state index in [4.69, 9.17) is 0 Å². The quantitative estimate of drug-likeness (QED) is 0.674. The standard InChI is InChI=1S/C15H13FN4O3S2/c16-11-6-4-10(5-7-11)8-17-14(21)9-18-25(22,23)13-3-1-2-12-15(13)20-24-19-12/h1-7,18H,8-9H2,(H,17,21). The zero-order chi connectivity index (χ0) is 17.9. The number of aromatic nitrogens is 2. The molecule has 0 saturated carbocycles. The second-order valence-electron chi connectivity index (χ2n) is 5.12. The SMILES string of the molecule is O=C(CNS(=O)(=O)c1cccc2nsnc12)NCc1ccc(F)cc1. The van der Waals surface area contributed by atoms with Crippen LogP contribution in [0, 0.1) is 5.82 Å². The van der Waals surface area contributed by atoms with Crippen LogP contribution in [0.4, 0.5) is 4.39 Å². The van der Waals surface area contributed by atoms with Crippen molar-refractivity contribution in [3.8, 4) is 0 Å². The van der Waals surface area contributed by atoms with Gasteiger partial charge in [-0.2, -0.15) is 8.75 Å². The Labute approximate surface area is 147 Å². The number of fused-ring (bicyclic) bond motifs is 1. The Balaban J connectivity index is 1.61. The highest BCUT2D eigenvalue weighted by Gasteiger charge is 2.20. The van der Waals surface area contributed by atoms with E-state index < -0.39 is 22.5 Å². The fourth-order valence-electron chi connectivity index (χ4n) is 2.10. The first-order valence-electron chi connectivity index (χ1n) is 7.18. The fourth-order valence-corrected chi connectivity index (χ4v) is 3.85. The maximum atomic E-state index is 12.8. The zero-order valence-electron chi connectivity index (χ0n) is 12.8. The highest BCUT2D eigenvalue weighted by atomic mass is 32.2. The predicted octanol–water partition coefficient (Wildman–Crippen LogP) is 1.43. The molecule has 10 heteroatoms. The van der Waals surface area contributed by atoms with Crippen LogP contribution in [0.5, 0.6) is 0 Å². The molecule has 0 atom stereocenters. The summed E-state index contributed by atoms with van der Waals surface area (Å²) in [6.07, 6.45) is 0. The van der Waals surface area contributed by atoms with Crippen LogP contribution in [0.3, 0.4) is 0 Å². The third-order valence-electron chi connectivity index (χ3n) is 3.36. The molecule has 2 N–H and O–H groups in total. The molecule has 0 unspecified atom stereocenters. The van der Waals surface area contributed by atoms with Crippen molar-refractivity contribution >= 4 is 38.7 Å². The number of sulfonamides is 1. The van der Waals surface area contributed by atoms with Crippen LogP contribution in [0.25, 0.3) is 11.0 Å². The Morgan fingerprint density at radius 1 is 1.12 bits per heavy atom. The number of nitrogens with zero attached hydrogens (tertiary/aromatic N) is 2. The predicted molar refractivity (Wildman–Crippen MR) is 90.9 cm³/mol. The average Bonchev–Trinajstić information content (AvgIpc) is 3.08. The van der Waals surface area contributed by atoms with Gasteiger partial charge in [-0.1, -0.05) is 18.2 Å². The molecule has 3 aromatic rings. The van der Waals surface area contributed by atoms with Crippen molar-refractivity contribution in [2.24, 2.45) is 0 Å². The summed E-state index contributed by atoms with van der Waals surface area (Å²) >= 11 is 0.916. The first-order chi connectivity index (χ1) is 12.0. The highest BCUT2D eigenvalue weighted by molar-refractivity contribution is 7.89. The Hall–Kier alpha value is -2.43. The van der Waals surface area contributed by atoms with Gasteiger partial charge in [0.05, 0.1) is 18.3 Å². The summed E-state index contributed by atoms with van der Waals surface area (Å²) in [4.78, 5) is 11.8. The number of carbonyl (C=O) groups is 1.